The Kier molecular flexibility index (Phi) is 5.52. The SMILES string of the molecule is Cc1ccc(CN2CC3CCCC(N)C3C2)c(Br)c1.Cl. The fourth-order valence-corrected chi connectivity index (χ4v) is 4.38. The minimum atomic E-state index is 0. The van der Waals surface area contributed by atoms with Crippen LogP contribution in [0, 0.1) is 18.8 Å². The topological polar surface area (TPSA) is 29.3 Å². The number of nitrogens with two attached hydrogens (primary N) is 1. The molecular weight excluding hydrogens is 336 g/mol. The largest absolute Gasteiger partial charge is 0.327 e. The van der Waals surface area contributed by atoms with E-state index in [1.165, 1.54) is 48.0 Å². The van der Waals surface area contributed by atoms with E-state index in [0.717, 1.165) is 18.4 Å². The van der Waals surface area contributed by atoms with E-state index in [4.69, 9.17) is 5.73 Å². The van der Waals surface area contributed by atoms with E-state index in [0.29, 0.717) is 6.04 Å². The van der Waals surface area contributed by atoms with Crippen molar-refractivity contribution in [3.05, 3.63) is 33.8 Å². The highest BCUT2D eigenvalue weighted by molar-refractivity contribution is 9.10. The highest BCUT2D eigenvalue weighted by Crippen LogP contribution is 2.36. The zero-order chi connectivity index (χ0) is 13.4. The van der Waals surface area contributed by atoms with Gasteiger partial charge >= 0.3 is 0 Å². The summed E-state index contributed by atoms with van der Waals surface area (Å²) >= 11 is 3.69. The normalized spacial score (nSPS) is 29.9. The van der Waals surface area contributed by atoms with E-state index in [2.05, 4.69) is 46.0 Å². The monoisotopic (exact) mass is 358 g/mol. The van der Waals surface area contributed by atoms with Gasteiger partial charge in [-0.1, -0.05) is 34.5 Å². The van der Waals surface area contributed by atoms with Crippen LogP contribution in [0.4, 0.5) is 0 Å². The molecule has 20 heavy (non-hydrogen) atoms. The molecule has 1 aliphatic carbocycles. The first-order valence-corrected chi connectivity index (χ1v) is 8.16. The maximum absolute atomic E-state index is 6.29. The average Bonchev–Trinajstić information content (AvgIpc) is 2.77. The summed E-state index contributed by atoms with van der Waals surface area (Å²) in [5, 5.41) is 0. The van der Waals surface area contributed by atoms with Crippen LogP contribution in [0.25, 0.3) is 0 Å². The Balaban J connectivity index is 0.00000147. The lowest BCUT2D eigenvalue weighted by molar-refractivity contribution is 0.259. The molecule has 1 aliphatic heterocycles. The van der Waals surface area contributed by atoms with Gasteiger partial charge in [0.25, 0.3) is 0 Å². The molecular formula is C16H24BrClN2. The van der Waals surface area contributed by atoms with E-state index in [9.17, 15) is 0 Å². The van der Waals surface area contributed by atoms with E-state index in [1.54, 1.807) is 0 Å². The molecule has 1 aromatic rings. The average molecular weight is 360 g/mol. The predicted octanol–water partition coefficient (Wildman–Crippen LogP) is 3.74. The summed E-state index contributed by atoms with van der Waals surface area (Å²) in [7, 11) is 0. The molecule has 0 spiro atoms. The number of likely N-dealkylation sites (tertiary alicyclic amines) is 1. The van der Waals surface area contributed by atoms with Crippen molar-refractivity contribution >= 4 is 28.3 Å². The number of nitrogens with zero attached hydrogens (tertiary/aromatic N) is 1. The third-order valence-corrected chi connectivity index (χ3v) is 5.57. The summed E-state index contributed by atoms with van der Waals surface area (Å²) in [6, 6.07) is 7.10. The fourth-order valence-electron chi connectivity index (χ4n) is 3.76. The second-order valence-electron chi connectivity index (χ2n) is 6.31. The molecule has 1 heterocycles. The number of benzene rings is 1. The van der Waals surface area contributed by atoms with Crippen molar-refractivity contribution in [1.29, 1.82) is 0 Å². The number of rotatable bonds is 2. The summed E-state index contributed by atoms with van der Waals surface area (Å²) in [5.74, 6) is 1.57. The molecule has 1 saturated heterocycles. The van der Waals surface area contributed by atoms with Crippen LogP contribution in [-0.2, 0) is 6.54 Å². The minimum Gasteiger partial charge on any atom is -0.327 e. The quantitative estimate of drug-likeness (QED) is 0.871. The first kappa shape index (κ1) is 16.3. The Morgan fingerprint density at radius 3 is 2.80 bits per heavy atom. The second kappa shape index (κ2) is 6.78. The minimum absolute atomic E-state index is 0. The summed E-state index contributed by atoms with van der Waals surface area (Å²) in [5.41, 5.74) is 9.00. The molecule has 3 rings (SSSR count). The van der Waals surface area contributed by atoms with Crippen LogP contribution in [0.5, 0.6) is 0 Å². The highest BCUT2D eigenvalue weighted by atomic mass is 79.9. The molecule has 0 aromatic heterocycles. The molecule has 3 atom stereocenters. The van der Waals surface area contributed by atoms with Gasteiger partial charge in [0.15, 0.2) is 0 Å². The zero-order valence-corrected chi connectivity index (χ0v) is 14.4. The Morgan fingerprint density at radius 1 is 1.30 bits per heavy atom. The molecule has 0 radical (unpaired) electrons. The number of fused-ring (bicyclic) bond motifs is 1. The van der Waals surface area contributed by atoms with Crippen molar-refractivity contribution in [3.63, 3.8) is 0 Å². The van der Waals surface area contributed by atoms with Gasteiger partial charge in [-0.3, -0.25) is 4.90 Å². The lowest BCUT2D eigenvalue weighted by Gasteiger charge is -2.29. The molecule has 0 bridgehead atoms. The van der Waals surface area contributed by atoms with E-state index in [-0.39, 0.29) is 12.4 Å². The third kappa shape index (κ3) is 3.38. The smallest absolute Gasteiger partial charge is 0.0245 e. The van der Waals surface area contributed by atoms with Gasteiger partial charge in [0.05, 0.1) is 0 Å². The Morgan fingerprint density at radius 2 is 2.10 bits per heavy atom. The number of hydrogen-bond donors (Lipinski definition) is 1. The van der Waals surface area contributed by atoms with Gasteiger partial charge in [0, 0.05) is 30.1 Å². The van der Waals surface area contributed by atoms with Crippen molar-refractivity contribution in [2.75, 3.05) is 13.1 Å². The van der Waals surface area contributed by atoms with E-state index < -0.39 is 0 Å². The van der Waals surface area contributed by atoms with Gasteiger partial charge in [-0.05, 0) is 48.8 Å². The van der Waals surface area contributed by atoms with Gasteiger partial charge in [-0.2, -0.15) is 0 Å². The summed E-state index contributed by atoms with van der Waals surface area (Å²) in [6.45, 7) is 5.61. The third-order valence-electron chi connectivity index (χ3n) is 4.83. The predicted molar refractivity (Wildman–Crippen MR) is 90.2 cm³/mol. The van der Waals surface area contributed by atoms with E-state index >= 15 is 0 Å². The van der Waals surface area contributed by atoms with Gasteiger partial charge in [0.2, 0.25) is 0 Å². The molecule has 2 fully saturated rings. The second-order valence-corrected chi connectivity index (χ2v) is 7.16. The molecule has 112 valence electrons. The number of hydrogen-bond acceptors (Lipinski definition) is 2. The fraction of sp³-hybridized carbons (Fsp3) is 0.625. The van der Waals surface area contributed by atoms with Crippen LogP contribution in [-0.4, -0.2) is 24.0 Å². The maximum atomic E-state index is 6.29. The van der Waals surface area contributed by atoms with Gasteiger partial charge in [0.1, 0.15) is 0 Å². The lowest BCUT2D eigenvalue weighted by Crippen LogP contribution is -2.38. The molecule has 2 nitrogen and oxygen atoms in total. The van der Waals surface area contributed by atoms with Crippen LogP contribution in [0.1, 0.15) is 30.4 Å². The van der Waals surface area contributed by atoms with Crippen LogP contribution >= 0.6 is 28.3 Å². The molecule has 0 amide bonds. The van der Waals surface area contributed by atoms with Gasteiger partial charge < -0.3 is 5.73 Å². The van der Waals surface area contributed by atoms with Crippen LogP contribution < -0.4 is 5.73 Å². The molecule has 2 aliphatic rings. The summed E-state index contributed by atoms with van der Waals surface area (Å²) in [6.07, 6.45) is 3.93. The first-order chi connectivity index (χ1) is 9.13. The summed E-state index contributed by atoms with van der Waals surface area (Å²) < 4.78 is 1.24. The molecule has 3 unspecified atom stereocenters. The highest BCUT2D eigenvalue weighted by Gasteiger charge is 2.38. The number of aryl methyl sites for hydroxylation is 1. The van der Waals surface area contributed by atoms with Crippen molar-refractivity contribution in [1.82, 2.24) is 4.90 Å². The standard InChI is InChI=1S/C16H23BrN2.ClH/c1-11-5-6-13(15(17)7-11)9-19-8-12-3-2-4-16(18)14(12)10-19;/h5-7,12,14,16H,2-4,8-10,18H2,1H3;1H. The zero-order valence-electron chi connectivity index (χ0n) is 12.0. The lowest BCUT2D eigenvalue weighted by atomic mass is 9.78. The Hall–Kier alpha value is -0.0900. The van der Waals surface area contributed by atoms with E-state index in [1.807, 2.05) is 0 Å². The van der Waals surface area contributed by atoms with Crippen molar-refractivity contribution in [3.8, 4) is 0 Å². The summed E-state index contributed by atoms with van der Waals surface area (Å²) in [4.78, 5) is 2.59. The van der Waals surface area contributed by atoms with Crippen molar-refractivity contribution in [2.45, 2.75) is 38.8 Å². The molecule has 1 aromatic carbocycles. The number of halogens is 2. The van der Waals surface area contributed by atoms with Crippen molar-refractivity contribution in [2.24, 2.45) is 17.6 Å². The van der Waals surface area contributed by atoms with Gasteiger partial charge in [-0.25, -0.2) is 0 Å². The van der Waals surface area contributed by atoms with Crippen LogP contribution in [0.15, 0.2) is 22.7 Å². The molecule has 1 saturated carbocycles. The first-order valence-electron chi connectivity index (χ1n) is 7.36. The van der Waals surface area contributed by atoms with Crippen LogP contribution in [0.2, 0.25) is 0 Å². The maximum Gasteiger partial charge on any atom is 0.0245 e. The van der Waals surface area contributed by atoms with Crippen LogP contribution in [0.3, 0.4) is 0 Å². The Bertz CT molecular complexity index is 466. The van der Waals surface area contributed by atoms with Gasteiger partial charge in [-0.15, -0.1) is 12.4 Å². The molecule has 2 N–H and O–H groups in total. The Labute approximate surface area is 136 Å². The van der Waals surface area contributed by atoms with Crippen molar-refractivity contribution < 1.29 is 0 Å². The molecule has 4 heteroatoms.